The van der Waals surface area contributed by atoms with Crippen LogP contribution < -0.4 is 5.32 Å². The molecule has 1 fully saturated rings. The topological polar surface area (TPSA) is 38.3 Å². The molecule has 1 aliphatic rings. The largest absolute Gasteiger partial charge is 0.453 e. The van der Waals surface area contributed by atoms with Crippen molar-refractivity contribution in [3.05, 3.63) is 63.7 Å². The Morgan fingerprint density at radius 2 is 1.81 bits per heavy atom. The van der Waals surface area contributed by atoms with Gasteiger partial charge < -0.3 is 10.1 Å². The summed E-state index contributed by atoms with van der Waals surface area (Å²) in [7, 11) is 0. The molecule has 21 heavy (non-hydrogen) atoms. The number of halogens is 1. The van der Waals surface area contributed by atoms with Crippen molar-refractivity contribution in [1.29, 1.82) is 0 Å². The molecular weight excluding hydrogens is 377 g/mol. The first kappa shape index (κ1) is 14.4. The summed E-state index contributed by atoms with van der Waals surface area (Å²) in [6.45, 7) is 1.97. The molecule has 0 aromatic heterocycles. The van der Waals surface area contributed by atoms with Crippen molar-refractivity contribution in [2.24, 2.45) is 0 Å². The number of rotatable bonds is 3. The zero-order valence-corrected chi connectivity index (χ0v) is 13.8. The quantitative estimate of drug-likeness (QED) is 0.635. The van der Waals surface area contributed by atoms with Crippen LogP contribution in [0.25, 0.3) is 0 Å². The molecule has 2 unspecified atom stereocenters. The van der Waals surface area contributed by atoms with Crippen LogP contribution in [-0.4, -0.2) is 12.0 Å². The molecule has 1 heterocycles. The summed E-state index contributed by atoms with van der Waals surface area (Å²) in [5, 5.41) is 3.26. The number of ether oxygens (including phenoxy) is 1. The lowest BCUT2D eigenvalue weighted by atomic mass is 9.91. The molecule has 108 valence electrons. The van der Waals surface area contributed by atoms with Gasteiger partial charge in [0.05, 0.1) is 0 Å². The molecule has 2 aromatic rings. The van der Waals surface area contributed by atoms with Crippen molar-refractivity contribution in [1.82, 2.24) is 0 Å². The molecule has 0 bridgehead atoms. The second-order valence-electron chi connectivity index (χ2n) is 5.43. The Hall–Kier alpha value is -1.56. The number of nitrogens with one attached hydrogen (secondary N) is 1. The number of hydrogen-bond donors (Lipinski definition) is 1. The third-order valence-corrected chi connectivity index (χ3v) is 4.49. The monoisotopic (exact) mass is 393 g/mol. The molecule has 0 spiro atoms. The van der Waals surface area contributed by atoms with Gasteiger partial charge in [-0.2, -0.15) is 0 Å². The number of carbonyl (C=O) groups excluding carboxylic acids is 1. The number of carbonyl (C=O) groups is 1. The Labute approximate surface area is 137 Å². The fourth-order valence-electron chi connectivity index (χ4n) is 2.63. The molecule has 0 amide bonds. The highest BCUT2D eigenvalue weighted by atomic mass is 127. The van der Waals surface area contributed by atoms with Crippen LogP contribution in [0.1, 0.15) is 18.9 Å². The second kappa shape index (κ2) is 5.67. The van der Waals surface area contributed by atoms with Crippen LogP contribution in [0.5, 0.6) is 0 Å². The van der Waals surface area contributed by atoms with E-state index in [1.165, 1.54) is 3.57 Å². The van der Waals surface area contributed by atoms with Gasteiger partial charge in [0.25, 0.3) is 0 Å². The van der Waals surface area contributed by atoms with Gasteiger partial charge in [0.2, 0.25) is 0 Å². The van der Waals surface area contributed by atoms with Crippen molar-refractivity contribution in [2.45, 2.75) is 25.0 Å². The average Bonchev–Trinajstić information content (AvgIpc) is 2.78. The van der Waals surface area contributed by atoms with Crippen LogP contribution >= 0.6 is 22.6 Å². The Bertz CT molecular complexity index is 642. The molecule has 0 saturated carbocycles. The lowest BCUT2D eigenvalue weighted by molar-refractivity contribution is -0.148. The molecule has 2 aromatic carbocycles. The summed E-state index contributed by atoms with van der Waals surface area (Å²) >= 11 is 2.26. The summed E-state index contributed by atoms with van der Waals surface area (Å²) in [5.41, 5.74) is 1.42. The molecule has 2 atom stereocenters. The molecule has 3 rings (SSSR count). The van der Waals surface area contributed by atoms with E-state index in [0.29, 0.717) is 6.42 Å². The van der Waals surface area contributed by atoms with Crippen molar-refractivity contribution < 1.29 is 9.53 Å². The first-order valence-corrected chi connectivity index (χ1v) is 7.95. The molecular formula is C17H16INO2. The summed E-state index contributed by atoms with van der Waals surface area (Å²) in [4.78, 5) is 12.1. The molecule has 3 nitrogen and oxygen atoms in total. The summed E-state index contributed by atoms with van der Waals surface area (Å²) in [6.07, 6.45) is 0.627. The standard InChI is InChI=1S/C17H16INO2/c1-17(12-5-3-2-4-6-12)11-15(16(20)21-17)19-14-9-7-13(18)8-10-14/h2-10,15,19H,11H2,1H3. The van der Waals surface area contributed by atoms with E-state index in [0.717, 1.165) is 11.3 Å². The number of esters is 1. The maximum Gasteiger partial charge on any atom is 0.329 e. The Kier molecular flexibility index (Phi) is 3.89. The zero-order valence-electron chi connectivity index (χ0n) is 11.7. The zero-order chi connectivity index (χ0) is 14.9. The third-order valence-electron chi connectivity index (χ3n) is 3.77. The fourth-order valence-corrected chi connectivity index (χ4v) is 2.99. The summed E-state index contributed by atoms with van der Waals surface area (Å²) in [6, 6.07) is 17.6. The number of cyclic esters (lactones) is 1. The van der Waals surface area contributed by atoms with Gasteiger partial charge in [0.1, 0.15) is 11.6 Å². The predicted molar refractivity (Wildman–Crippen MR) is 91.1 cm³/mol. The van der Waals surface area contributed by atoms with Gasteiger partial charge in [0, 0.05) is 15.7 Å². The molecule has 1 aliphatic heterocycles. The minimum atomic E-state index is -0.556. The van der Waals surface area contributed by atoms with Crippen LogP contribution in [-0.2, 0) is 15.1 Å². The van der Waals surface area contributed by atoms with E-state index in [4.69, 9.17) is 4.74 Å². The van der Waals surface area contributed by atoms with Gasteiger partial charge in [0.15, 0.2) is 0 Å². The Morgan fingerprint density at radius 3 is 2.48 bits per heavy atom. The maximum absolute atomic E-state index is 12.1. The Morgan fingerprint density at radius 1 is 1.14 bits per heavy atom. The van der Waals surface area contributed by atoms with Crippen LogP contribution in [0.2, 0.25) is 0 Å². The molecule has 4 heteroatoms. The fraction of sp³-hybridized carbons (Fsp3) is 0.235. The highest BCUT2D eigenvalue weighted by Crippen LogP contribution is 2.37. The van der Waals surface area contributed by atoms with Crippen molar-refractivity contribution in [3.63, 3.8) is 0 Å². The predicted octanol–water partition coefficient (Wildman–Crippen LogP) is 3.93. The van der Waals surface area contributed by atoms with Gasteiger partial charge in [-0.05, 0) is 59.3 Å². The van der Waals surface area contributed by atoms with Gasteiger partial charge in [-0.25, -0.2) is 4.79 Å². The van der Waals surface area contributed by atoms with Crippen LogP contribution in [0.4, 0.5) is 5.69 Å². The molecule has 0 radical (unpaired) electrons. The van der Waals surface area contributed by atoms with Crippen molar-refractivity contribution in [2.75, 3.05) is 5.32 Å². The van der Waals surface area contributed by atoms with E-state index >= 15 is 0 Å². The SMILES string of the molecule is CC1(c2ccccc2)CC(Nc2ccc(I)cc2)C(=O)O1. The molecule has 1 N–H and O–H groups in total. The first-order valence-electron chi connectivity index (χ1n) is 6.87. The average molecular weight is 393 g/mol. The highest BCUT2D eigenvalue weighted by Gasteiger charge is 2.44. The summed E-state index contributed by atoms with van der Waals surface area (Å²) in [5.74, 6) is -0.195. The van der Waals surface area contributed by atoms with Crippen molar-refractivity contribution >= 4 is 34.2 Å². The first-order chi connectivity index (χ1) is 10.1. The smallest absolute Gasteiger partial charge is 0.329 e. The van der Waals surface area contributed by atoms with Gasteiger partial charge >= 0.3 is 5.97 Å². The lowest BCUT2D eigenvalue weighted by Crippen LogP contribution is -2.25. The second-order valence-corrected chi connectivity index (χ2v) is 6.67. The van der Waals surface area contributed by atoms with E-state index in [-0.39, 0.29) is 12.0 Å². The van der Waals surface area contributed by atoms with E-state index in [1.807, 2.05) is 61.5 Å². The van der Waals surface area contributed by atoms with E-state index < -0.39 is 5.60 Å². The normalized spacial score (nSPS) is 24.7. The van der Waals surface area contributed by atoms with Crippen LogP contribution in [0.3, 0.4) is 0 Å². The molecule has 1 saturated heterocycles. The van der Waals surface area contributed by atoms with Gasteiger partial charge in [-0.3, -0.25) is 0 Å². The lowest BCUT2D eigenvalue weighted by Gasteiger charge is -2.22. The third kappa shape index (κ3) is 3.05. The Balaban J connectivity index is 1.77. The van der Waals surface area contributed by atoms with Gasteiger partial charge in [-0.15, -0.1) is 0 Å². The molecule has 0 aliphatic carbocycles. The minimum absolute atomic E-state index is 0.195. The number of benzene rings is 2. The van der Waals surface area contributed by atoms with E-state index in [1.54, 1.807) is 0 Å². The number of hydrogen-bond acceptors (Lipinski definition) is 3. The number of anilines is 1. The maximum atomic E-state index is 12.1. The van der Waals surface area contributed by atoms with E-state index in [2.05, 4.69) is 27.9 Å². The van der Waals surface area contributed by atoms with Crippen LogP contribution in [0, 0.1) is 3.57 Å². The van der Waals surface area contributed by atoms with Crippen LogP contribution in [0.15, 0.2) is 54.6 Å². The highest BCUT2D eigenvalue weighted by molar-refractivity contribution is 14.1. The van der Waals surface area contributed by atoms with Crippen molar-refractivity contribution in [3.8, 4) is 0 Å². The summed E-state index contributed by atoms with van der Waals surface area (Å²) < 4.78 is 6.81. The van der Waals surface area contributed by atoms with E-state index in [9.17, 15) is 4.79 Å². The minimum Gasteiger partial charge on any atom is -0.453 e. The van der Waals surface area contributed by atoms with Gasteiger partial charge in [-0.1, -0.05) is 30.3 Å².